The SMILES string of the molecule is C=C(/C=C/c1ccccc1)C/C=C/C(C)=C\CO. The first-order valence-electron chi connectivity index (χ1n) is 6.07. The Bertz CT molecular complexity index is 450. The van der Waals surface area contributed by atoms with Crippen molar-refractivity contribution in [3.05, 3.63) is 77.9 Å². The van der Waals surface area contributed by atoms with Crippen LogP contribution in [0.3, 0.4) is 0 Å². The van der Waals surface area contributed by atoms with Gasteiger partial charge in [0.2, 0.25) is 0 Å². The standard InChI is InChI=1S/C17H20O/c1-15(7-6-8-16(2)13-14-18)11-12-17-9-4-3-5-10-17/h3-6,8-13,18H,1,7,14H2,2H3/b8-6+,12-11+,16-13-. The summed E-state index contributed by atoms with van der Waals surface area (Å²) in [6.45, 7) is 6.06. The minimum Gasteiger partial charge on any atom is -0.392 e. The highest BCUT2D eigenvalue weighted by atomic mass is 16.2. The van der Waals surface area contributed by atoms with Crippen molar-refractivity contribution in [2.45, 2.75) is 13.3 Å². The summed E-state index contributed by atoms with van der Waals surface area (Å²) in [6.07, 6.45) is 10.7. The Morgan fingerprint density at radius 3 is 2.61 bits per heavy atom. The minimum atomic E-state index is 0.0883. The van der Waals surface area contributed by atoms with Gasteiger partial charge in [-0.2, -0.15) is 0 Å². The van der Waals surface area contributed by atoms with E-state index >= 15 is 0 Å². The maximum absolute atomic E-state index is 8.72. The lowest BCUT2D eigenvalue weighted by Crippen LogP contribution is -1.77. The molecule has 0 bridgehead atoms. The predicted molar refractivity (Wildman–Crippen MR) is 79.2 cm³/mol. The zero-order chi connectivity index (χ0) is 13.2. The van der Waals surface area contributed by atoms with Crippen molar-refractivity contribution < 1.29 is 5.11 Å². The second-order valence-corrected chi connectivity index (χ2v) is 4.14. The molecule has 1 rings (SSSR count). The number of aliphatic hydroxyl groups excluding tert-OH is 1. The van der Waals surface area contributed by atoms with E-state index in [-0.39, 0.29) is 6.61 Å². The molecule has 0 aliphatic rings. The zero-order valence-corrected chi connectivity index (χ0v) is 10.8. The smallest absolute Gasteiger partial charge is 0.0617 e. The number of hydrogen-bond donors (Lipinski definition) is 1. The molecular weight excluding hydrogens is 220 g/mol. The lowest BCUT2D eigenvalue weighted by Gasteiger charge is -1.95. The summed E-state index contributed by atoms with van der Waals surface area (Å²) in [5.74, 6) is 0. The molecule has 0 saturated carbocycles. The fourth-order valence-electron chi connectivity index (χ4n) is 1.45. The Hall–Kier alpha value is -1.86. The molecule has 94 valence electrons. The van der Waals surface area contributed by atoms with Crippen molar-refractivity contribution in [3.8, 4) is 0 Å². The normalized spacial score (nSPS) is 12.4. The molecule has 0 heterocycles. The van der Waals surface area contributed by atoms with Crippen LogP contribution < -0.4 is 0 Å². The fraction of sp³-hybridized carbons (Fsp3) is 0.176. The predicted octanol–water partition coefficient (Wildman–Crippen LogP) is 4.14. The van der Waals surface area contributed by atoms with E-state index in [2.05, 4.69) is 30.9 Å². The van der Waals surface area contributed by atoms with Gasteiger partial charge in [0.25, 0.3) is 0 Å². The largest absolute Gasteiger partial charge is 0.392 e. The molecule has 0 aromatic heterocycles. The van der Waals surface area contributed by atoms with Gasteiger partial charge in [-0.25, -0.2) is 0 Å². The van der Waals surface area contributed by atoms with Crippen LogP contribution in [0.1, 0.15) is 18.9 Å². The van der Waals surface area contributed by atoms with Gasteiger partial charge in [-0.15, -0.1) is 0 Å². The summed E-state index contributed by atoms with van der Waals surface area (Å²) in [6, 6.07) is 10.2. The molecule has 0 aliphatic carbocycles. The molecule has 0 atom stereocenters. The van der Waals surface area contributed by atoms with Crippen molar-refractivity contribution >= 4 is 6.08 Å². The van der Waals surface area contributed by atoms with Gasteiger partial charge in [-0.3, -0.25) is 0 Å². The monoisotopic (exact) mass is 240 g/mol. The summed E-state index contributed by atoms with van der Waals surface area (Å²) in [5.41, 5.74) is 3.31. The zero-order valence-electron chi connectivity index (χ0n) is 10.8. The second-order valence-electron chi connectivity index (χ2n) is 4.14. The van der Waals surface area contributed by atoms with Crippen LogP contribution in [0.15, 0.2) is 72.4 Å². The highest BCUT2D eigenvalue weighted by Gasteiger charge is 1.87. The molecular formula is C17H20O. The number of allylic oxidation sites excluding steroid dienone is 5. The van der Waals surface area contributed by atoms with Crippen molar-refractivity contribution in [3.63, 3.8) is 0 Å². The van der Waals surface area contributed by atoms with Crippen LogP contribution in [0.5, 0.6) is 0 Å². The topological polar surface area (TPSA) is 20.2 Å². The summed E-state index contributed by atoms with van der Waals surface area (Å²) in [5, 5.41) is 8.72. The van der Waals surface area contributed by atoms with Gasteiger partial charge >= 0.3 is 0 Å². The third-order valence-electron chi connectivity index (χ3n) is 2.49. The fourth-order valence-corrected chi connectivity index (χ4v) is 1.45. The average molecular weight is 240 g/mol. The van der Waals surface area contributed by atoms with Crippen LogP contribution in [-0.2, 0) is 0 Å². The summed E-state index contributed by atoms with van der Waals surface area (Å²) >= 11 is 0. The van der Waals surface area contributed by atoms with E-state index in [0.717, 1.165) is 17.6 Å². The Kier molecular flexibility index (Phi) is 6.52. The van der Waals surface area contributed by atoms with Gasteiger partial charge in [-0.05, 0) is 18.9 Å². The summed E-state index contributed by atoms with van der Waals surface area (Å²) < 4.78 is 0. The molecule has 0 fully saturated rings. The third-order valence-corrected chi connectivity index (χ3v) is 2.49. The Morgan fingerprint density at radius 1 is 1.22 bits per heavy atom. The molecule has 1 N–H and O–H groups in total. The van der Waals surface area contributed by atoms with Crippen LogP contribution in [-0.4, -0.2) is 11.7 Å². The molecule has 1 nitrogen and oxygen atoms in total. The van der Waals surface area contributed by atoms with Gasteiger partial charge < -0.3 is 5.11 Å². The first kappa shape index (κ1) is 14.2. The van der Waals surface area contributed by atoms with Crippen molar-refractivity contribution in [1.82, 2.24) is 0 Å². The Labute approximate surface area is 109 Å². The van der Waals surface area contributed by atoms with Gasteiger partial charge in [0.05, 0.1) is 6.61 Å². The Morgan fingerprint density at radius 2 is 1.94 bits per heavy atom. The summed E-state index contributed by atoms with van der Waals surface area (Å²) in [4.78, 5) is 0. The molecule has 0 aliphatic heterocycles. The van der Waals surface area contributed by atoms with E-state index in [9.17, 15) is 0 Å². The number of aliphatic hydroxyl groups is 1. The number of hydrogen-bond acceptors (Lipinski definition) is 1. The molecule has 18 heavy (non-hydrogen) atoms. The van der Waals surface area contributed by atoms with Crippen molar-refractivity contribution in [1.29, 1.82) is 0 Å². The van der Waals surface area contributed by atoms with Crippen LogP contribution in [0.25, 0.3) is 6.08 Å². The molecule has 0 unspecified atom stereocenters. The van der Waals surface area contributed by atoms with Gasteiger partial charge in [0.15, 0.2) is 0 Å². The first-order chi connectivity index (χ1) is 8.72. The maximum Gasteiger partial charge on any atom is 0.0617 e. The maximum atomic E-state index is 8.72. The third kappa shape index (κ3) is 6.02. The molecule has 0 radical (unpaired) electrons. The quantitative estimate of drug-likeness (QED) is 0.741. The van der Waals surface area contributed by atoms with Gasteiger partial charge in [0, 0.05) is 0 Å². The first-order valence-corrected chi connectivity index (χ1v) is 6.07. The van der Waals surface area contributed by atoms with E-state index < -0.39 is 0 Å². The number of benzene rings is 1. The van der Waals surface area contributed by atoms with E-state index in [1.54, 1.807) is 6.08 Å². The molecule has 0 spiro atoms. The molecule has 0 saturated heterocycles. The minimum absolute atomic E-state index is 0.0883. The van der Waals surface area contributed by atoms with E-state index in [4.69, 9.17) is 5.11 Å². The van der Waals surface area contributed by atoms with E-state index in [1.165, 1.54) is 5.56 Å². The Balaban J connectivity index is 2.43. The highest BCUT2D eigenvalue weighted by molar-refractivity contribution is 5.52. The van der Waals surface area contributed by atoms with E-state index in [1.807, 2.05) is 37.3 Å². The molecule has 0 amide bonds. The lowest BCUT2D eigenvalue weighted by molar-refractivity contribution is 0.342. The van der Waals surface area contributed by atoms with Crippen molar-refractivity contribution in [2.75, 3.05) is 6.61 Å². The second kappa shape index (κ2) is 8.26. The van der Waals surface area contributed by atoms with Crippen LogP contribution in [0, 0.1) is 0 Å². The number of rotatable bonds is 6. The molecule has 1 aromatic rings. The van der Waals surface area contributed by atoms with Gasteiger partial charge in [-0.1, -0.05) is 78.4 Å². The van der Waals surface area contributed by atoms with E-state index in [0.29, 0.717) is 0 Å². The van der Waals surface area contributed by atoms with Gasteiger partial charge in [0.1, 0.15) is 0 Å². The average Bonchev–Trinajstić information content (AvgIpc) is 2.38. The van der Waals surface area contributed by atoms with Crippen LogP contribution in [0.2, 0.25) is 0 Å². The molecule has 1 heteroatoms. The summed E-state index contributed by atoms with van der Waals surface area (Å²) in [7, 11) is 0. The van der Waals surface area contributed by atoms with Crippen LogP contribution in [0.4, 0.5) is 0 Å². The van der Waals surface area contributed by atoms with Crippen molar-refractivity contribution in [2.24, 2.45) is 0 Å². The molecule has 1 aromatic carbocycles. The highest BCUT2D eigenvalue weighted by Crippen LogP contribution is 2.08. The van der Waals surface area contributed by atoms with Crippen LogP contribution >= 0.6 is 0 Å². The lowest BCUT2D eigenvalue weighted by atomic mass is 10.1.